The number of thiocarbonyl (C=S) groups is 1. The fraction of sp³-hybridized carbons (Fsp3) is 0.267. The maximum atomic E-state index is 5.76. The lowest BCUT2D eigenvalue weighted by Crippen LogP contribution is -2.47. The Kier molecular flexibility index (Phi) is 3.96. The summed E-state index contributed by atoms with van der Waals surface area (Å²) in [4.78, 5) is 13.6. The molecule has 1 aliphatic rings. The smallest absolute Gasteiger partial charge is 0.128 e. The normalized spacial score (nSPS) is 15.0. The van der Waals surface area contributed by atoms with Crippen LogP contribution < -0.4 is 15.5 Å². The third-order valence-corrected chi connectivity index (χ3v) is 3.81. The molecule has 3 heterocycles. The molecule has 0 aliphatic carbocycles. The summed E-state index contributed by atoms with van der Waals surface area (Å²) < 4.78 is 0. The third-order valence-electron chi connectivity index (χ3n) is 3.61. The van der Waals surface area contributed by atoms with E-state index in [0.29, 0.717) is 10.7 Å². The predicted molar refractivity (Wildman–Crippen MR) is 88.8 cm³/mol. The Morgan fingerprint density at radius 1 is 0.952 bits per heavy atom. The van der Waals surface area contributed by atoms with Gasteiger partial charge in [-0.2, -0.15) is 0 Å². The minimum absolute atomic E-state index is 0.345. The Balaban J connectivity index is 1.73. The highest BCUT2D eigenvalue weighted by atomic mass is 32.1. The first-order valence-electron chi connectivity index (χ1n) is 6.91. The number of nitrogens with zero attached hydrogens (tertiary/aromatic N) is 4. The maximum absolute atomic E-state index is 5.76. The van der Waals surface area contributed by atoms with Gasteiger partial charge in [-0.15, -0.1) is 0 Å². The molecule has 3 rings (SSSR count). The first kappa shape index (κ1) is 13.8. The molecule has 0 radical (unpaired) electrons. The van der Waals surface area contributed by atoms with Gasteiger partial charge in [-0.3, -0.25) is 4.98 Å². The van der Waals surface area contributed by atoms with Gasteiger partial charge in [0.15, 0.2) is 0 Å². The molecule has 1 saturated heterocycles. The van der Waals surface area contributed by atoms with Gasteiger partial charge in [-0.25, -0.2) is 4.98 Å². The van der Waals surface area contributed by atoms with E-state index in [1.165, 1.54) is 0 Å². The van der Waals surface area contributed by atoms with Gasteiger partial charge in [-0.05, 0) is 24.3 Å². The Labute approximate surface area is 129 Å². The molecule has 2 N–H and O–H groups in total. The van der Waals surface area contributed by atoms with Crippen molar-refractivity contribution < 1.29 is 0 Å². The molecular weight excluding hydrogens is 282 g/mol. The lowest BCUT2D eigenvalue weighted by molar-refractivity contribution is 0.646. The number of hydrogen-bond donors (Lipinski definition) is 1. The molecule has 0 atom stereocenters. The molecule has 2 aromatic rings. The van der Waals surface area contributed by atoms with Crippen LogP contribution in [0.4, 0.5) is 11.5 Å². The van der Waals surface area contributed by atoms with Crippen molar-refractivity contribution >= 4 is 28.7 Å². The Morgan fingerprint density at radius 3 is 2.33 bits per heavy atom. The molecule has 0 spiro atoms. The quantitative estimate of drug-likeness (QED) is 0.866. The van der Waals surface area contributed by atoms with Gasteiger partial charge in [0.25, 0.3) is 0 Å². The van der Waals surface area contributed by atoms with Crippen molar-refractivity contribution in [1.82, 2.24) is 9.97 Å². The van der Waals surface area contributed by atoms with E-state index in [0.717, 1.165) is 37.7 Å². The summed E-state index contributed by atoms with van der Waals surface area (Å²) in [6.07, 6.45) is 3.55. The zero-order valence-electron chi connectivity index (χ0n) is 11.6. The van der Waals surface area contributed by atoms with E-state index in [4.69, 9.17) is 18.0 Å². The lowest BCUT2D eigenvalue weighted by atomic mass is 10.2. The van der Waals surface area contributed by atoms with Crippen LogP contribution in [0.2, 0.25) is 0 Å². The van der Waals surface area contributed by atoms with E-state index >= 15 is 0 Å². The average Bonchev–Trinajstić information content (AvgIpc) is 2.56. The Morgan fingerprint density at radius 2 is 1.67 bits per heavy atom. The summed E-state index contributed by atoms with van der Waals surface area (Å²) in [6, 6.07) is 9.94. The van der Waals surface area contributed by atoms with Crippen molar-refractivity contribution in [3.8, 4) is 0 Å². The number of rotatable bonds is 3. The molecular formula is C15H17N5S. The van der Waals surface area contributed by atoms with Gasteiger partial charge in [0.1, 0.15) is 16.5 Å². The first-order chi connectivity index (χ1) is 10.3. The van der Waals surface area contributed by atoms with Gasteiger partial charge < -0.3 is 15.5 Å². The molecule has 1 fully saturated rings. The molecule has 0 bridgehead atoms. The highest BCUT2D eigenvalue weighted by Gasteiger charge is 2.20. The van der Waals surface area contributed by atoms with Crippen LogP contribution in [0.15, 0.2) is 42.7 Å². The topological polar surface area (TPSA) is 58.3 Å². The predicted octanol–water partition coefficient (Wildman–Crippen LogP) is 1.44. The van der Waals surface area contributed by atoms with Gasteiger partial charge >= 0.3 is 0 Å². The van der Waals surface area contributed by atoms with E-state index in [2.05, 4.69) is 19.8 Å². The van der Waals surface area contributed by atoms with Crippen molar-refractivity contribution in [3.63, 3.8) is 0 Å². The van der Waals surface area contributed by atoms with E-state index in [-0.39, 0.29) is 0 Å². The summed E-state index contributed by atoms with van der Waals surface area (Å²) in [5, 5.41) is 0. The van der Waals surface area contributed by atoms with Crippen molar-refractivity contribution in [2.45, 2.75) is 0 Å². The van der Waals surface area contributed by atoms with E-state index in [9.17, 15) is 0 Å². The molecule has 21 heavy (non-hydrogen) atoms. The summed E-state index contributed by atoms with van der Waals surface area (Å²) in [5.41, 5.74) is 7.49. The van der Waals surface area contributed by atoms with Gasteiger partial charge in [0.2, 0.25) is 0 Å². The van der Waals surface area contributed by atoms with Crippen LogP contribution in [0, 0.1) is 0 Å². The molecule has 0 amide bonds. The zero-order chi connectivity index (χ0) is 14.7. The van der Waals surface area contributed by atoms with Crippen molar-refractivity contribution in [1.29, 1.82) is 0 Å². The molecule has 0 aromatic carbocycles. The molecule has 6 heteroatoms. The van der Waals surface area contributed by atoms with Crippen LogP contribution in [-0.2, 0) is 0 Å². The standard InChI is InChI=1S/C15H17N5S/c16-15(21)14-12(4-3-7-18-14)19-8-10-20(11-9-19)13-5-1-2-6-17-13/h1-7H,8-11H2,(H2,16,21). The van der Waals surface area contributed by atoms with Crippen LogP contribution in [-0.4, -0.2) is 41.1 Å². The van der Waals surface area contributed by atoms with Crippen LogP contribution in [0.25, 0.3) is 0 Å². The zero-order valence-corrected chi connectivity index (χ0v) is 12.5. The SMILES string of the molecule is NC(=S)c1ncccc1N1CCN(c2ccccn2)CC1. The molecule has 2 aromatic heterocycles. The van der Waals surface area contributed by atoms with E-state index in [1.807, 2.05) is 36.5 Å². The molecule has 1 aliphatic heterocycles. The molecule has 108 valence electrons. The summed E-state index contributed by atoms with van der Waals surface area (Å²) >= 11 is 5.09. The minimum atomic E-state index is 0.345. The highest BCUT2D eigenvalue weighted by molar-refractivity contribution is 7.80. The van der Waals surface area contributed by atoms with Gasteiger partial charge in [0.05, 0.1) is 5.69 Å². The number of aromatic nitrogens is 2. The lowest BCUT2D eigenvalue weighted by Gasteiger charge is -2.37. The van der Waals surface area contributed by atoms with Crippen LogP contribution >= 0.6 is 12.2 Å². The summed E-state index contributed by atoms with van der Waals surface area (Å²) in [7, 11) is 0. The Bertz CT molecular complexity index is 623. The van der Waals surface area contributed by atoms with Crippen LogP contribution in [0.1, 0.15) is 5.69 Å². The van der Waals surface area contributed by atoms with Crippen molar-refractivity contribution in [2.24, 2.45) is 5.73 Å². The van der Waals surface area contributed by atoms with Crippen LogP contribution in [0.3, 0.4) is 0 Å². The first-order valence-corrected chi connectivity index (χ1v) is 7.32. The minimum Gasteiger partial charge on any atom is -0.388 e. The second kappa shape index (κ2) is 6.05. The number of anilines is 2. The third kappa shape index (κ3) is 2.95. The summed E-state index contributed by atoms with van der Waals surface area (Å²) in [5.74, 6) is 1.03. The number of nitrogens with two attached hydrogens (primary N) is 1. The molecule has 5 nitrogen and oxygen atoms in total. The number of piperazine rings is 1. The fourth-order valence-electron chi connectivity index (χ4n) is 2.56. The average molecular weight is 299 g/mol. The monoisotopic (exact) mass is 299 g/mol. The van der Waals surface area contributed by atoms with Crippen molar-refractivity contribution in [2.75, 3.05) is 36.0 Å². The van der Waals surface area contributed by atoms with E-state index < -0.39 is 0 Å². The molecule has 0 saturated carbocycles. The second-order valence-corrected chi connectivity index (χ2v) is 5.34. The highest BCUT2D eigenvalue weighted by Crippen LogP contribution is 2.21. The van der Waals surface area contributed by atoms with Crippen LogP contribution in [0.5, 0.6) is 0 Å². The molecule has 0 unspecified atom stereocenters. The largest absolute Gasteiger partial charge is 0.388 e. The second-order valence-electron chi connectivity index (χ2n) is 4.90. The summed E-state index contributed by atoms with van der Waals surface area (Å²) in [6.45, 7) is 3.64. The Hall–Kier alpha value is -2.21. The van der Waals surface area contributed by atoms with Gasteiger partial charge in [0, 0.05) is 38.6 Å². The maximum Gasteiger partial charge on any atom is 0.128 e. The number of pyridine rings is 2. The number of hydrogen-bond acceptors (Lipinski definition) is 5. The fourth-order valence-corrected chi connectivity index (χ4v) is 2.72. The van der Waals surface area contributed by atoms with E-state index in [1.54, 1.807) is 6.20 Å². The van der Waals surface area contributed by atoms with Crippen molar-refractivity contribution in [3.05, 3.63) is 48.4 Å². The van der Waals surface area contributed by atoms with Gasteiger partial charge in [-0.1, -0.05) is 18.3 Å².